The molecule has 3 nitrogen and oxygen atoms in total. The molecule has 0 unspecified atom stereocenters. The summed E-state index contributed by atoms with van der Waals surface area (Å²) in [6.07, 6.45) is 0. The maximum atomic E-state index is 6.30. The topological polar surface area (TPSA) is 31.4 Å². The molecule has 0 saturated carbocycles. The Balaban J connectivity index is 2.73. The maximum Gasteiger partial charge on any atom is 0.145 e. The number of hydrogen-bond acceptors (Lipinski definition) is 3. The van der Waals surface area contributed by atoms with Crippen LogP contribution in [0.3, 0.4) is 0 Å². The van der Waals surface area contributed by atoms with Crippen LogP contribution in [0.5, 0.6) is 11.5 Å². The molecule has 0 N–H and O–H groups in total. The minimum absolute atomic E-state index is 0.591. The molecule has 0 amide bonds. The van der Waals surface area contributed by atoms with Gasteiger partial charge < -0.3 is 9.47 Å². The third-order valence-electron chi connectivity index (χ3n) is 2.56. The van der Waals surface area contributed by atoms with Crippen molar-refractivity contribution >= 4 is 22.5 Å². The van der Waals surface area contributed by atoms with E-state index in [4.69, 9.17) is 21.1 Å². The number of hydrogen-bond donors (Lipinski definition) is 0. The molecule has 0 fully saturated rings. The van der Waals surface area contributed by atoms with Crippen molar-refractivity contribution in [2.24, 2.45) is 0 Å². The molecule has 0 aliphatic rings. The first-order chi connectivity index (χ1) is 8.67. The molecule has 0 saturated heterocycles. The first kappa shape index (κ1) is 13.0. The van der Waals surface area contributed by atoms with E-state index in [1.54, 1.807) is 0 Å². The Labute approximate surface area is 112 Å². The number of ether oxygens (including phenoxy) is 2. The number of nitrogens with zero attached hydrogens (tertiary/aromatic N) is 1. The van der Waals surface area contributed by atoms with Gasteiger partial charge in [-0.25, -0.2) is 4.98 Å². The van der Waals surface area contributed by atoms with Gasteiger partial charge >= 0.3 is 0 Å². The van der Waals surface area contributed by atoms with Crippen LogP contribution in [-0.4, -0.2) is 18.2 Å². The van der Waals surface area contributed by atoms with Gasteiger partial charge in [0.2, 0.25) is 0 Å². The molecular formula is C14H16ClNO2. The number of halogens is 1. The number of fused-ring (bicyclic) bond motifs is 1. The van der Waals surface area contributed by atoms with Gasteiger partial charge in [-0.2, -0.15) is 0 Å². The van der Waals surface area contributed by atoms with E-state index in [0.717, 1.165) is 28.1 Å². The quantitative estimate of drug-likeness (QED) is 0.837. The maximum absolute atomic E-state index is 6.30. The predicted octanol–water partition coefficient (Wildman–Crippen LogP) is 3.99. The molecule has 0 bridgehead atoms. The van der Waals surface area contributed by atoms with Gasteiger partial charge in [-0.05, 0) is 39.0 Å². The Morgan fingerprint density at radius 1 is 1.11 bits per heavy atom. The normalized spacial score (nSPS) is 10.7. The van der Waals surface area contributed by atoms with E-state index >= 15 is 0 Å². The highest BCUT2D eigenvalue weighted by Crippen LogP contribution is 2.37. The Bertz CT molecular complexity index is 569. The van der Waals surface area contributed by atoms with Gasteiger partial charge in [0.15, 0.2) is 0 Å². The molecule has 96 valence electrons. The zero-order chi connectivity index (χ0) is 13.1. The summed E-state index contributed by atoms with van der Waals surface area (Å²) in [5.41, 5.74) is 1.62. The summed E-state index contributed by atoms with van der Waals surface area (Å²) in [6.45, 7) is 6.98. The summed E-state index contributed by atoms with van der Waals surface area (Å²) in [5, 5.41) is 1.46. The summed E-state index contributed by atoms with van der Waals surface area (Å²) in [5.74, 6) is 1.48. The lowest BCUT2D eigenvalue weighted by Crippen LogP contribution is -1.98. The first-order valence-corrected chi connectivity index (χ1v) is 6.40. The SMILES string of the molecule is CCOc1ccc(OCC)c2c(Cl)cc(C)nc12. The van der Waals surface area contributed by atoms with Gasteiger partial charge in [-0.1, -0.05) is 11.6 Å². The average molecular weight is 266 g/mol. The zero-order valence-electron chi connectivity index (χ0n) is 10.8. The zero-order valence-corrected chi connectivity index (χ0v) is 11.5. The van der Waals surface area contributed by atoms with Crippen molar-refractivity contribution in [3.05, 3.63) is 28.9 Å². The fourth-order valence-electron chi connectivity index (χ4n) is 1.91. The molecule has 1 aromatic heterocycles. The van der Waals surface area contributed by atoms with Crippen LogP contribution in [0.1, 0.15) is 19.5 Å². The summed E-state index contributed by atoms with van der Waals surface area (Å²) < 4.78 is 11.2. The van der Waals surface area contributed by atoms with Crippen molar-refractivity contribution in [2.75, 3.05) is 13.2 Å². The highest BCUT2D eigenvalue weighted by Gasteiger charge is 2.13. The van der Waals surface area contributed by atoms with Gasteiger partial charge in [-0.3, -0.25) is 0 Å². The molecule has 0 spiro atoms. The van der Waals surface area contributed by atoms with E-state index in [1.165, 1.54) is 0 Å². The molecule has 4 heteroatoms. The van der Waals surface area contributed by atoms with E-state index in [2.05, 4.69) is 4.98 Å². The highest BCUT2D eigenvalue weighted by molar-refractivity contribution is 6.36. The fraction of sp³-hybridized carbons (Fsp3) is 0.357. The third kappa shape index (κ3) is 2.36. The summed E-state index contributed by atoms with van der Waals surface area (Å²) in [4.78, 5) is 4.51. The molecule has 1 heterocycles. The van der Waals surface area contributed by atoms with Gasteiger partial charge in [0.1, 0.15) is 17.0 Å². The minimum Gasteiger partial charge on any atom is -0.493 e. The van der Waals surface area contributed by atoms with Crippen LogP contribution in [0.4, 0.5) is 0 Å². The Hall–Kier alpha value is -1.48. The second kappa shape index (κ2) is 5.44. The van der Waals surface area contributed by atoms with Crippen molar-refractivity contribution in [1.29, 1.82) is 0 Å². The van der Waals surface area contributed by atoms with Gasteiger partial charge in [0, 0.05) is 5.69 Å². The van der Waals surface area contributed by atoms with Crippen LogP contribution < -0.4 is 9.47 Å². The van der Waals surface area contributed by atoms with Gasteiger partial charge in [0.05, 0.1) is 23.6 Å². The van der Waals surface area contributed by atoms with Crippen LogP contribution in [0, 0.1) is 6.92 Å². The molecule has 2 aromatic rings. The number of pyridine rings is 1. The third-order valence-corrected chi connectivity index (χ3v) is 2.86. The van der Waals surface area contributed by atoms with E-state index < -0.39 is 0 Å². The summed E-state index contributed by atoms with van der Waals surface area (Å²) in [6, 6.07) is 5.58. The number of aromatic nitrogens is 1. The number of aryl methyl sites for hydroxylation is 1. The first-order valence-electron chi connectivity index (χ1n) is 6.02. The van der Waals surface area contributed by atoms with Crippen LogP contribution in [-0.2, 0) is 0 Å². The number of benzene rings is 1. The lowest BCUT2D eigenvalue weighted by Gasteiger charge is -2.13. The molecule has 1 aromatic carbocycles. The van der Waals surface area contributed by atoms with E-state index in [1.807, 2.05) is 39.0 Å². The van der Waals surface area contributed by atoms with Crippen LogP contribution in [0.25, 0.3) is 10.9 Å². The molecule has 0 aliphatic heterocycles. The van der Waals surface area contributed by atoms with Crippen LogP contribution >= 0.6 is 11.6 Å². The van der Waals surface area contributed by atoms with Crippen molar-refractivity contribution in [3.8, 4) is 11.5 Å². The van der Waals surface area contributed by atoms with E-state index in [0.29, 0.717) is 18.2 Å². The standard InChI is InChI=1S/C14H16ClNO2/c1-4-17-11-6-7-12(18-5-2)14-13(11)10(15)8-9(3)16-14/h6-8H,4-5H2,1-3H3. The van der Waals surface area contributed by atoms with E-state index in [-0.39, 0.29) is 0 Å². The van der Waals surface area contributed by atoms with Gasteiger partial charge in [-0.15, -0.1) is 0 Å². The van der Waals surface area contributed by atoms with Crippen molar-refractivity contribution in [3.63, 3.8) is 0 Å². The van der Waals surface area contributed by atoms with Gasteiger partial charge in [0.25, 0.3) is 0 Å². The second-order valence-electron chi connectivity index (χ2n) is 3.90. The second-order valence-corrected chi connectivity index (χ2v) is 4.30. The van der Waals surface area contributed by atoms with Crippen LogP contribution in [0.2, 0.25) is 5.02 Å². The Morgan fingerprint density at radius 2 is 1.72 bits per heavy atom. The summed E-state index contributed by atoms with van der Waals surface area (Å²) in [7, 11) is 0. The molecule has 2 rings (SSSR count). The molecule has 0 radical (unpaired) electrons. The molecular weight excluding hydrogens is 250 g/mol. The summed E-state index contributed by atoms with van der Waals surface area (Å²) >= 11 is 6.30. The number of rotatable bonds is 4. The van der Waals surface area contributed by atoms with Crippen LogP contribution in [0.15, 0.2) is 18.2 Å². The van der Waals surface area contributed by atoms with E-state index in [9.17, 15) is 0 Å². The molecule has 0 atom stereocenters. The van der Waals surface area contributed by atoms with Crippen molar-refractivity contribution in [1.82, 2.24) is 4.98 Å². The Morgan fingerprint density at radius 3 is 2.39 bits per heavy atom. The van der Waals surface area contributed by atoms with Crippen molar-refractivity contribution in [2.45, 2.75) is 20.8 Å². The molecule has 0 aliphatic carbocycles. The highest BCUT2D eigenvalue weighted by atomic mass is 35.5. The molecule has 18 heavy (non-hydrogen) atoms. The lowest BCUT2D eigenvalue weighted by molar-refractivity contribution is 0.336. The predicted molar refractivity (Wildman–Crippen MR) is 73.8 cm³/mol. The lowest BCUT2D eigenvalue weighted by atomic mass is 10.1. The largest absolute Gasteiger partial charge is 0.493 e. The van der Waals surface area contributed by atoms with Crippen molar-refractivity contribution < 1.29 is 9.47 Å². The average Bonchev–Trinajstić information content (AvgIpc) is 2.32. The fourth-order valence-corrected chi connectivity index (χ4v) is 2.25. The smallest absolute Gasteiger partial charge is 0.145 e. The monoisotopic (exact) mass is 265 g/mol. The minimum atomic E-state index is 0.591. The Kier molecular flexibility index (Phi) is 3.92.